The maximum absolute atomic E-state index is 11.1. The first-order valence-electron chi connectivity index (χ1n) is 5.25. The van der Waals surface area contributed by atoms with Crippen LogP contribution in [-0.4, -0.2) is 50.7 Å². The van der Waals surface area contributed by atoms with Crippen LogP contribution in [0.4, 0.5) is 0 Å². The molecule has 0 bridgehead atoms. The van der Waals surface area contributed by atoms with Crippen molar-refractivity contribution in [1.82, 2.24) is 5.32 Å². The molecule has 94 valence electrons. The van der Waals surface area contributed by atoms with E-state index in [0.717, 1.165) is 0 Å². The van der Waals surface area contributed by atoms with Gasteiger partial charge in [0.2, 0.25) is 5.91 Å². The number of amides is 1. The minimum absolute atomic E-state index is 0.167. The van der Waals surface area contributed by atoms with Crippen molar-refractivity contribution in [3.05, 3.63) is 0 Å². The first kappa shape index (κ1) is 13.4. The average Bonchev–Trinajstić information content (AvgIpc) is 2.23. The van der Waals surface area contributed by atoms with Crippen molar-refractivity contribution < 1.29 is 19.0 Å². The van der Waals surface area contributed by atoms with Gasteiger partial charge >= 0.3 is 0 Å². The number of methoxy groups -OCH3 is 2. The van der Waals surface area contributed by atoms with Gasteiger partial charge in [0, 0.05) is 21.1 Å². The molecule has 5 atom stereocenters. The molecule has 0 aromatic carbocycles. The molecule has 1 saturated heterocycles. The monoisotopic (exact) mass is 232 g/mol. The standard InChI is InChI=1S/C10H20N2O4/c1-5-7(11)9(14-3)8(12-6(2)13)10(15-4)16-5/h5,7-10H,11H2,1-4H3,(H,12,13)/t5-,7+,8+,9+,10+/m1/s1. The number of hydrogen-bond donors (Lipinski definition) is 2. The fourth-order valence-corrected chi connectivity index (χ4v) is 1.94. The van der Waals surface area contributed by atoms with Gasteiger partial charge in [-0.05, 0) is 6.92 Å². The van der Waals surface area contributed by atoms with Crippen LogP contribution in [-0.2, 0) is 19.0 Å². The lowest BCUT2D eigenvalue weighted by Gasteiger charge is -2.43. The van der Waals surface area contributed by atoms with Crippen molar-refractivity contribution in [3.63, 3.8) is 0 Å². The van der Waals surface area contributed by atoms with E-state index in [1.54, 1.807) is 7.11 Å². The van der Waals surface area contributed by atoms with E-state index in [1.165, 1.54) is 14.0 Å². The van der Waals surface area contributed by atoms with Crippen molar-refractivity contribution in [1.29, 1.82) is 0 Å². The second kappa shape index (κ2) is 5.58. The van der Waals surface area contributed by atoms with Crippen LogP contribution in [0.2, 0.25) is 0 Å². The van der Waals surface area contributed by atoms with Gasteiger partial charge in [0.1, 0.15) is 6.04 Å². The highest BCUT2D eigenvalue weighted by Gasteiger charge is 2.43. The highest BCUT2D eigenvalue weighted by atomic mass is 16.7. The van der Waals surface area contributed by atoms with E-state index in [-0.39, 0.29) is 24.2 Å². The summed E-state index contributed by atoms with van der Waals surface area (Å²) in [5.74, 6) is -0.167. The van der Waals surface area contributed by atoms with Crippen LogP contribution in [0.25, 0.3) is 0 Å². The Bertz CT molecular complexity index is 249. The quantitative estimate of drug-likeness (QED) is 0.667. The molecule has 1 aliphatic rings. The van der Waals surface area contributed by atoms with Gasteiger partial charge in [-0.25, -0.2) is 0 Å². The molecule has 1 rings (SSSR count). The minimum atomic E-state index is -0.538. The second-order valence-electron chi connectivity index (χ2n) is 3.95. The van der Waals surface area contributed by atoms with Gasteiger partial charge < -0.3 is 25.3 Å². The van der Waals surface area contributed by atoms with Gasteiger partial charge in [0.05, 0.1) is 18.2 Å². The highest BCUT2D eigenvalue weighted by Crippen LogP contribution is 2.22. The van der Waals surface area contributed by atoms with Gasteiger partial charge in [0.15, 0.2) is 6.29 Å². The molecule has 0 spiro atoms. The lowest BCUT2D eigenvalue weighted by atomic mass is 9.95. The Hall–Kier alpha value is -0.690. The zero-order valence-electron chi connectivity index (χ0n) is 10.1. The molecular formula is C10H20N2O4. The zero-order chi connectivity index (χ0) is 12.3. The van der Waals surface area contributed by atoms with Gasteiger partial charge in [-0.3, -0.25) is 4.79 Å². The molecule has 1 heterocycles. The number of nitrogens with two attached hydrogens (primary N) is 1. The zero-order valence-corrected chi connectivity index (χ0v) is 10.1. The van der Waals surface area contributed by atoms with E-state index in [1.807, 2.05) is 6.92 Å². The summed E-state index contributed by atoms with van der Waals surface area (Å²) in [5, 5.41) is 2.74. The highest BCUT2D eigenvalue weighted by molar-refractivity contribution is 5.73. The molecular weight excluding hydrogens is 212 g/mol. The summed E-state index contributed by atoms with van der Waals surface area (Å²) >= 11 is 0. The Kier molecular flexibility index (Phi) is 4.67. The molecule has 6 nitrogen and oxygen atoms in total. The van der Waals surface area contributed by atoms with E-state index < -0.39 is 12.3 Å². The molecule has 0 aliphatic carbocycles. The predicted octanol–water partition coefficient (Wildman–Crippen LogP) is -0.775. The van der Waals surface area contributed by atoms with Crippen molar-refractivity contribution in [3.8, 4) is 0 Å². The van der Waals surface area contributed by atoms with Crippen LogP contribution in [0.15, 0.2) is 0 Å². The summed E-state index contributed by atoms with van der Waals surface area (Å²) in [6, 6.07) is -0.688. The van der Waals surface area contributed by atoms with Gasteiger partial charge in [-0.1, -0.05) is 0 Å². The van der Waals surface area contributed by atoms with E-state index in [9.17, 15) is 4.79 Å². The Morgan fingerprint density at radius 1 is 1.38 bits per heavy atom. The minimum Gasteiger partial charge on any atom is -0.377 e. The van der Waals surface area contributed by atoms with E-state index in [4.69, 9.17) is 19.9 Å². The van der Waals surface area contributed by atoms with E-state index in [0.29, 0.717) is 0 Å². The largest absolute Gasteiger partial charge is 0.377 e. The maximum Gasteiger partial charge on any atom is 0.217 e. The molecule has 0 saturated carbocycles. The van der Waals surface area contributed by atoms with Crippen LogP contribution in [0, 0.1) is 0 Å². The van der Waals surface area contributed by atoms with Crippen LogP contribution in [0.3, 0.4) is 0 Å². The summed E-state index contributed by atoms with van der Waals surface area (Å²) < 4.78 is 16.1. The number of nitrogens with one attached hydrogen (secondary N) is 1. The van der Waals surface area contributed by atoms with Gasteiger partial charge in [-0.2, -0.15) is 0 Å². The van der Waals surface area contributed by atoms with Crippen LogP contribution in [0.5, 0.6) is 0 Å². The molecule has 0 radical (unpaired) electrons. The average molecular weight is 232 g/mol. The first-order valence-corrected chi connectivity index (χ1v) is 5.25. The molecule has 0 unspecified atom stereocenters. The van der Waals surface area contributed by atoms with Crippen molar-refractivity contribution in [2.24, 2.45) is 5.73 Å². The molecule has 1 fully saturated rings. The van der Waals surface area contributed by atoms with Crippen LogP contribution >= 0.6 is 0 Å². The summed E-state index contributed by atoms with van der Waals surface area (Å²) in [6.07, 6.45) is -1.04. The molecule has 0 aromatic heterocycles. The van der Waals surface area contributed by atoms with Crippen LogP contribution in [0.1, 0.15) is 13.8 Å². The number of carbonyl (C=O) groups is 1. The van der Waals surface area contributed by atoms with Crippen molar-refractivity contribution >= 4 is 5.91 Å². The van der Waals surface area contributed by atoms with Gasteiger partial charge in [0.25, 0.3) is 0 Å². The van der Waals surface area contributed by atoms with Crippen LogP contribution < -0.4 is 11.1 Å². The molecule has 1 amide bonds. The molecule has 1 aliphatic heterocycles. The third-order valence-corrected chi connectivity index (χ3v) is 2.79. The number of rotatable bonds is 3. The Morgan fingerprint density at radius 2 is 2.00 bits per heavy atom. The Balaban J connectivity index is 2.83. The Morgan fingerprint density at radius 3 is 2.44 bits per heavy atom. The summed E-state index contributed by atoms with van der Waals surface area (Å²) in [5.41, 5.74) is 5.96. The SMILES string of the molecule is CO[C@H]1O[C@H](C)[C@H](N)[C@H](OC)[C@@H]1NC(C)=O. The first-order chi connectivity index (χ1) is 7.51. The predicted molar refractivity (Wildman–Crippen MR) is 57.7 cm³/mol. The van der Waals surface area contributed by atoms with E-state index >= 15 is 0 Å². The maximum atomic E-state index is 11.1. The summed E-state index contributed by atoms with van der Waals surface area (Å²) in [6.45, 7) is 3.29. The summed E-state index contributed by atoms with van der Waals surface area (Å²) in [4.78, 5) is 11.1. The molecule has 16 heavy (non-hydrogen) atoms. The number of ether oxygens (including phenoxy) is 3. The smallest absolute Gasteiger partial charge is 0.217 e. The second-order valence-corrected chi connectivity index (χ2v) is 3.95. The van der Waals surface area contributed by atoms with Crippen molar-refractivity contribution in [2.75, 3.05) is 14.2 Å². The summed E-state index contributed by atoms with van der Waals surface area (Å²) in [7, 11) is 3.08. The van der Waals surface area contributed by atoms with Gasteiger partial charge in [-0.15, -0.1) is 0 Å². The normalized spacial score (nSPS) is 39.4. The number of carbonyl (C=O) groups excluding carboxylic acids is 1. The lowest BCUT2D eigenvalue weighted by molar-refractivity contribution is -0.226. The number of hydrogen-bond acceptors (Lipinski definition) is 5. The fraction of sp³-hybridized carbons (Fsp3) is 0.900. The Labute approximate surface area is 95.4 Å². The lowest BCUT2D eigenvalue weighted by Crippen LogP contribution is -2.66. The van der Waals surface area contributed by atoms with E-state index in [2.05, 4.69) is 5.32 Å². The third-order valence-electron chi connectivity index (χ3n) is 2.79. The molecule has 0 aromatic rings. The molecule has 6 heteroatoms. The third kappa shape index (κ3) is 2.70. The fourth-order valence-electron chi connectivity index (χ4n) is 1.94. The van der Waals surface area contributed by atoms with Crippen molar-refractivity contribution in [2.45, 2.75) is 44.4 Å². The topological polar surface area (TPSA) is 82.8 Å². The molecule has 3 N–H and O–H groups in total.